The molecule has 0 spiro atoms. The Kier molecular flexibility index (Phi) is 5.27. The Morgan fingerprint density at radius 3 is 2.45 bits per heavy atom. The Balaban J connectivity index is 2.70. The summed E-state index contributed by atoms with van der Waals surface area (Å²) in [6, 6.07) is 6.06. The Morgan fingerprint density at radius 2 is 1.86 bits per heavy atom. The minimum absolute atomic E-state index is 0.297. The molecule has 0 saturated heterocycles. The van der Waals surface area contributed by atoms with Crippen molar-refractivity contribution in [2.75, 3.05) is 12.5 Å². The fraction of sp³-hybridized carbons (Fsp3) is 0.438. The average molecular weight is 301 g/mol. The first-order chi connectivity index (χ1) is 10.7. The van der Waals surface area contributed by atoms with Crippen molar-refractivity contribution in [1.82, 2.24) is 20.0 Å². The first-order valence-electron chi connectivity index (χ1n) is 7.70. The topological polar surface area (TPSA) is 71.8 Å². The van der Waals surface area contributed by atoms with Crippen molar-refractivity contribution in [3.05, 3.63) is 45.6 Å². The van der Waals surface area contributed by atoms with Crippen LogP contribution < -0.4 is 16.5 Å². The summed E-state index contributed by atoms with van der Waals surface area (Å²) in [5.41, 5.74) is 8.52. The third-order valence-corrected chi connectivity index (χ3v) is 3.66. The van der Waals surface area contributed by atoms with Crippen molar-refractivity contribution in [2.45, 2.75) is 40.0 Å². The van der Waals surface area contributed by atoms with E-state index in [4.69, 9.17) is 0 Å². The van der Waals surface area contributed by atoms with Crippen molar-refractivity contribution >= 4 is 5.95 Å². The average Bonchev–Trinajstić information content (AvgIpc) is 2.53. The highest BCUT2D eigenvalue weighted by molar-refractivity contribution is 5.47. The van der Waals surface area contributed by atoms with Crippen molar-refractivity contribution in [2.24, 2.45) is 0 Å². The quantitative estimate of drug-likeness (QED) is 0.797. The molecule has 2 rings (SSSR count). The second kappa shape index (κ2) is 7.17. The van der Waals surface area contributed by atoms with Crippen LogP contribution in [0, 0.1) is 0 Å². The Bertz CT molecular complexity index is 708. The largest absolute Gasteiger partial charge is 0.356 e. The molecule has 2 aromatic rings. The highest BCUT2D eigenvalue weighted by Gasteiger charge is 2.14. The number of nitrogens with one attached hydrogen (secondary N) is 2. The normalized spacial score (nSPS) is 10.7. The lowest BCUT2D eigenvalue weighted by Crippen LogP contribution is -2.30. The van der Waals surface area contributed by atoms with E-state index < -0.39 is 0 Å². The summed E-state index contributed by atoms with van der Waals surface area (Å²) in [6.45, 7) is 6.21. The monoisotopic (exact) mass is 301 g/mol. The first kappa shape index (κ1) is 16.2. The number of nitrogens with zero attached hydrogens (tertiary/aromatic N) is 3. The summed E-state index contributed by atoms with van der Waals surface area (Å²) in [6.07, 6.45) is 2.45. The molecular formula is C16H23N5O. The van der Waals surface area contributed by atoms with Crippen LogP contribution in [-0.4, -0.2) is 21.6 Å². The van der Waals surface area contributed by atoms with Crippen LogP contribution in [0.3, 0.4) is 0 Å². The van der Waals surface area contributed by atoms with Gasteiger partial charge in [-0.1, -0.05) is 32.9 Å². The second-order valence-electron chi connectivity index (χ2n) is 4.93. The molecule has 1 aromatic heterocycles. The third-order valence-electron chi connectivity index (χ3n) is 3.66. The molecule has 0 saturated carbocycles. The van der Waals surface area contributed by atoms with Gasteiger partial charge < -0.3 is 0 Å². The molecule has 0 atom stereocenters. The highest BCUT2D eigenvalue weighted by atomic mass is 16.1. The summed E-state index contributed by atoms with van der Waals surface area (Å²) in [5.74, 6) is 0.992. The number of hydrazine groups is 1. The van der Waals surface area contributed by atoms with Crippen LogP contribution in [0.25, 0.3) is 5.69 Å². The number of anilines is 1. The second-order valence-corrected chi connectivity index (χ2v) is 4.93. The maximum absolute atomic E-state index is 12.5. The standard InChI is InChI=1S/C16H23N5O/c1-5-11-9-8-10-13(12(11)6-2)21-14(7-3)18-15(20-17-4)19-16(21)22/h8-10,17H,5-7H2,1-4H3,(H,19,20,22). The van der Waals surface area contributed by atoms with E-state index in [1.54, 1.807) is 11.6 Å². The molecular weight excluding hydrogens is 278 g/mol. The van der Waals surface area contributed by atoms with Crippen molar-refractivity contribution in [3.63, 3.8) is 0 Å². The molecule has 0 aliphatic heterocycles. The smallest absolute Gasteiger partial charge is 0.290 e. The van der Waals surface area contributed by atoms with Gasteiger partial charge in [-0.2, -0.15) is 9.97 Å². The summed E-state index contributed by atoms with van der Waals surface area (Å²) in [4.78, 5) is 20.9. The number of hydrogen-bond donors (Lipinski definition) is 2. The zero-order chi connectivity index (χ0) is 16.1. The predicted octanol–water partition coefficient (Wildman–Crippen LogP) is 1.86. The van der Waals surface area contributed by atoms with E-state index in [1.807, 2.05) is 19.1 Å². The molecule has 0 unspecified atom stereocenters. The lowest BCUT2D eigenvalue weighted by Gasteiger charge is -2.17. The van der Waals surface area contributed by atoms with Gasteiger partial charge >= 0.3 is 5.69 Å². The third kappa shape index (κ3) is 3.01. The SMILES string of the molecule is CCc1cccc(-n2c(CC)nc(NNC)nc2=O)c1CC. The maximum atomic E-state index is 12.5. The summed E-state index contributed by atoms with van der Waals surface area (Å²) in [5, 5.41) is 0. The van der Waals surface area contributed by atoms with E-state index in [0.717, 1.165) is 18.5 Å². The van der Waals surface area contributed by atoms with Gasteiger partial charge in [0.05, 0.1) is 5.69 Å². The van der Waals surface area contributed by atoms with Crippen LogP contribution >= 0.6 is 0 Å². The molecule has 0 amide bonds. The number of rotatable bonds is 6. The van der Waals surface area contributed by atoms with Gasteiger partial charge in [0, 0.05) is 13.5 Å². The lowest BCUT2D eigenvalue weighted by atomic mass is 10.0. The van der Waals surface area contributed by atoms with Crippen LogP contribution in [0.15, 0.2) is 23.0 Å². The van der Waals surface area contributed by atoms with Gasteiger partial charge in [-0.3, -0.25) is 5.43 Å². The molecule has 0 aliphatic rings. The maximum Gasteiger partial charge on any atom is 0.356 e. The minimum atomic E-state index is -0.312. The molecule has 1 aromatic carbocycles. The summed E-state index contributed by atoms with van der Waals surface area (Å²) >= 11 is 0. The number of hydrogen-bond acceptors (Lipinski definition) is 5. The molecule has 1 heterocycles. The zero-order valence-electron chi connectivity index (χ0n) is 13.6. The molecule has 2 N–H and O–H groups in total. The van der Waals surface area contributed by atoms with Gasteiger partial charge in [0.2, 0.25) is 5.95 Å². The minimum Gasteiger partial charge on any atom is -0.290 e. The number of aryl methyl sites for hydroxylation is 2. The van der Waals surface area contributed by atoms with Crippen LogP contribution in [-0.2, 0) is 19.3 Å². The predicted molar refractivity (Wildman–Crippen MR) is 88.4 cm³/mol. The van der Waals surface area contributed by atoms with Crippen LogP contribution in [0.1, 0.15) is 37.7 Å². The molecule has 6 heteroatoms. The summed E-state index contributed by atoms with van der Waals surface area (Å²) in [7, 11) is 1.71. The van der Waals surface area contributed by atoms with Gasteiger partial charge in [0.15, 0.2) is 0 Å². The van der Waals surface area contributed by atoms with Gasteiger partial charge in [-0.05, 0) is 30.0 Å². The molecule has 22 heavy (non-hydrogen) atoms. The molecule has 6 nitrogen and oxygen atoms in total. The van der Waals surface area contributed by atoms with Crippen LogP contribution in [0.2, 0.25) is 0 Å². The van der Waals surface area contributed by atoms with Gasteiger partial charge in [-0.15, -0.1) is 0 Å². The Hall–Kier alpha value is -2.21. The van der Waals surface area contributed by atoms with E-state index >= 15 is 0 Å². The van der Waals surface area contributed by atoms with E-state index in [-0.39, 0.29) is 5.69 Å². The highest BCUT2D eigenvalue weighted by Crippen LogP contribution is 2.20. The molecule has 0 bridgehead atoms. The van der Waals surface area contributed by atoms with Crippen molar-refractivity contribution < 1.29 is 0 Å². The van der Waals surface area contributed by atoms with E-state index in [2.05, 4.69) is 40.7 Å². The Morgan fingerprint density at radius 1 is 1.09 bits per heavy atom. The van der Waals surface area contributed by atoms with Crippen LogP contribution in [0.5, 0.6) is 0 Å². The number of benzene rings is 1. The fourth-order valence-electron chi connectivity index (χ4n) is 2.67. The molecule has 0 aliphatic carbocycles. The number of aromatic nitrogens is 3. The molecule has 0 radical (unpaired) electrons. The van der Waals surface area contributed by atoms with Crippen molar-refractivity contribution in [3.8, 4) is 5.69 Å². The fourth-order valence-corrected chi connectivity index (χ4v) is 2.67. The van der Waals surface area contributed by atoms with Gasteiger partial charge in [0.1, 0.15) is 5.82 Å². The first-order valence-corrected chi connectivity index (χ1v) is 7.70. The van der Waals surface area contributed by atoms with E-state index in [1.165, 1.54) is 11.1 Å². The van der Waals surface area contributed by atoms with Gasteiger partial charge in [0.25, 0.3) is 0 Å². The molecule has 118 valence electrons. The van der Waals surface area contributed by atoms with E-state index in [9.17, 15) is 4.79 Å². The molecule has 0 fully saturated rings. The Labute approximate surface area is 130 Å². The van der Waals surface area contributed by atoms with Gasteiger partial charge in [-0.25, -0.2) is 14.8 Å². The lowest BCUT2D eigenvalue weighted by molar-refractivity contribution is 0.753. The van der Waals surface area contributed by atoms with E-state index in [0.29, 0.717) is 18.2 Å². The summed E-state index contributed by atoms with van der Waals surface area (Å²) < 4.78 is 1.62. The van der Waals surface area contributed by atoms with Crippen molar-refractivity contribution in [1.29, 1.82) is 0 Å². The van der Waals surface area contributed by atoms with Crippen LogP contribution in [0.4, 0.5) is 5.95 Å². The zero-order valence-corrected chi connectivity index (χ0v) is 13.6.